The van der Waals surface area contributed by atoms with Crippen molar-refractivity contribution in [1.29, 1.82) is 5.41 Å². The van der Waals surface area contributed by atoms with E-state index in [4.69, 9.17) is 22.7 Å². The quantitative estimate of drug-likeness (QED) is 0.514. The van der Waals surface area contributed by atoms with Crippen molar-refractivity contribution < 1.29 is 0 Å². The van der Waals surface area contributed by atoms with E-state index in [0.717, 1.165) is 16.3 Å². The summed E-state index contributed by atoms with van der Waals surface area (Å²) in [6.07, 6.45) is 3.26. The van der Waals surface area contributed by atoms with Crippen LogP contribution in [-0.4, -0.2) is 21.4 Å². The molecule has 1 aromatic carbocycles. The zero-order chi connectivity index (χ0) is 13.1. The van der Waals surface area contributed by atoms with Gasteiger partial charge in [-0.05, 0) is 17.9 Å². The SMILES string of the molecule is CCSc1cccc(-n2cc(Cl)cn2)c1C(=N)N. The summed E-state index contributed by atoms with van der Waals surface area (Å²) in [4.78, 5) is 0.981. The van der Waals surface area contributed by atoms with Crippen molar-refractivity contribution in [3.8, 4) is 5.69 Å². The zero-order valence-electron chi connectivity index (χ0n) is 9.85. The van der Waals surface area contributed by atoms with Crippen molar-refractivity contribution in [2.24, 2.45) is 5.73 Å². The maximum Gasteiger partial charge on any atom is 0.126 e. The molecule has 3 N–H and O–H groups in total. The second-order valence-corrected chi connectivity index (χ2v) is 5.34. The Bertz CT molecular complexity index is 579. The first-order chi connectivity index (χ1) is 8.63. The van der Waals surface area contributed by atoms with Crippen LogP contribution in [0.2, 0.25) is 5.02 Å². The van der Waals surface area contributed by atoms with Gasteiger partial charge in [0, 0.05) is 11.1 Å². The van der Waals surface area contributed by atoms with Crippen molar-refractivity contribution in [2.75, 3.05) is 5.75 Å². The fourth-order valence-electron chi connectivity index (χ4n) is 1.69. The van der Waals surface area contributed by atoms with Gasteiger partial charge in [-0.3, -0.25) is 5.41 Å². The van der Waals surface area contributed by atoms with Crippen LogP contribution in [0.1, 0.15) is 12.5 Å². The van der Waals surface area contributed by atoms with E-state index in [2.05, 4.69) is 12.0 Å². The lowest BCUT2D eigenvalue weighted by atomic mass is 10.1. The van der Waals surface area contributed by atoms with Crippen LogP contribution in [0, 0.1) is 5.41 Å². The molecule has 0 aliphatic heterocycles. The molecule has 0 bridgehead atoms. The largest absolute Gasteiger partial charge is 0.384 e. The van der Waals surface area contributed by atoms with Gasteiger partial charge in [0.25, 0.3) is 0 Å². The van der Waals surface area contributed by atoms with Gasteiger partial charge in [0.1, 0.15) is 5.84 Å². The third kappa shape index (κ3) is 2.52. The van der Waals surface area contributed by atoms with Gasteiger partial charge in [0.15, 0.2) is 0 Å². The lowest BCUT2D eigenvalue weighted by Gasteiger charge is -2.12. The number of hydrogen-bond acceptors (Lipinski definition) is 3. The number of benzene rings is 1. The number of nitrogens with zero attached hydrogens (tertiary/aromatic N) is 2. The van der Waals surface area contributed by atoms with Crippen LogP contribution >= 0.6 is 23.4 Å². The number of aromatic nitrogens is 2. The molecule has 0 radical (unpaired) electrons. The van der Waals surface area contributed by atoms with Gasteiger partial charge in [-0.2, -0.15) is 5.10 Å². The average molecular weight is 281 g/mol. The molecule has 2 aromatic rings. The fraction of sp³-hybridized carbons (Fsp3) is 0.167. The number of nitrogens with two attached hydrogens (primary N) is 1. The summed E-state index contributed by atoms with van der Waals surface area (Å²) in [5.74, 6) is 0.956. The van der Waals surface area contributed by atoms with Crippen LogP contribution in [0.15, 0.2) is 35.5 Å². The molecular weight excluding hydrogens is 268 g/mol. The molecule has 0 aliphatic carbocycles. The minimum atomic E-state index is 0.0353. The number of nitrogens with one attached hydrogen (secondary N) is 1. The second kappa shape index (κ2) is 5.46. The Morgan fingerprint density at radius 3 is 2.89 bits per heavy atom. The molecule has 4 nitrogen and oxygen atoms in total. The maximum absolute atomic E-state index is 7.74. The number of amidine groups is 1. The Balaban J connectivity index is 2.59. The van der Waals surface area contributed by atoms with Crippen LogP contribution < -0.4 is 5.73 Å². The normalized spacial score (nSPS) is 10.6. The molecule has 0 atom stereocenters. The van der Waals surface area contributed by atoms with Gasteiger partial charge < -0.3 is 5.73 Å². The van der Waals surface area contributed by atoms with E-state index in [-0.39, 0.29) is 5.84 Å². The Morgan fingerprint density at radius 2 is 2.33 bits per heavy atom. The molecule has 0 aliphatic rings. The van der Waals surface area contributed by atoms with Gasteiger partial charge in [-0.25, -0.2) is 4.68 Å². The summed E-state index contributed by atoms with van der Waals surface area (Å²) in [5, 5.41) is 12.4. The lowest BCUT2D eigenvalue weighted by molar-refractivity contribution is 0.874. The molecule has 6 heteroatoms. The third-order valence-electron chi connectivity index (χ3n) is 2.37. The number of hydrogen-bond donors (Lipinski definition) is 2. The van der Waals surface area contributed by atoms with E-state index in [9.17, 15) is 0 Å². The maximum atomic E-state index is 7.74. The summed E-state index contributed by atoms with van der Waals surface area (Å²) in [6, 6.07) is 5.76. The van der Waals surface area contributed by atoms with Gasteiger partial charge >= 0.3 is 0 Å². The predicted molar refractivity (Wildman–Crippen MR) is 76.0 cm³/mol. The molecule has 0 amide bonds. The van der Waals surface area contributed by atoms with Crippen LogP contribution in [0.3, 0.4) is 0 Å². The van der Waals surface area contributed by atoms with Crippen LogP contribution in [0.25, 0.3) is 5.69 Å². The summed E-state index contributed by atoms with van der Waals surface area (Å²) < 4.78 is 1.64. The van der Waals surface area contributed by atoms with Gasteiger partial charge in [0.2, 0.25) is 0 Å². The van der Waals surface area contributed by atoms with Crippen molar-refractivity contribution in [1.82, 2.24) is 9.78 Å². The molecule has 1 aromatic heterocycles. The van der Waals surface area contributed by atoms with Crippen LogP contribution in [0.5, 0.6) is 0 Å². The highest BCUT2D eigenvalue weighted by molar-refractivity contribution is 7.99. The van der Waals surface area contributed by atoms with Crippen molar-refractivity contribution in [3.05, 3.63) is 41.2 Å². The summed E-state index contributed by atoms with van der Waals surface area (Å²) in [6.45, 7) is 2.06. The molecule has 0 fully saturated rings. The topological polar surface area (TPSA) is 67.7 Å². The van der Waals surface area contributed by atoms with Crippen molar-refractivity contribution >= 4 is 29.2 Å². The highest BCUT2D eigenvalue weighted by atomic mass is 35.5. The molecule has 0 saturated heterocycles. The van der Waals surface area contributed by atoms with Gasteiger partial charge in [-0.15, -0.1) is 11.8 Å². The average Bonchev–Trinajstić information content (AvgIpc) is 2.75. The monoisotopic (exact) mass is 280 g/mol. The smallest absolute Gasteiger partial charge is 0.126 e. The molecule has 0 saturated carbocycles. The predicted octanol–water partition coefficient (Wildman–Crippen LogP) is 2.92. The van der Waals surface area contributed by atoms with E-state index < -0.39 is 0 Å². The Labute approximate surface area is 115 Å². The minimum Gasteiger partial charge on any atom is -0.384 e. The third-order valence-corrected chi connectivity index (χ3v) is 3.51. The molecule has 18 heavy (non-hydrogen) atoms. The zero-order valence-corrected chi connectivity index (χ0v) is 11.4. The van der Waals surface area contributed by atoms with E-state index in [0.29, 0.717) is 10.6 Å². The number of rotatable bonds is 4. The number of nitrogen functional groups attached to an aromatic ring is 1. The highest BCUT2D eigenvalue weighted by Crippen LogP contribution is 2.27. The lowest BCUT2D eigenvalue weighted by Crippen LogP contribution is -2.16. The Morgan fingerprint density at radius 1 is 1.56 bits per heavy atom. The molecule has 94 valence electrons. The standard InChI is InChI=1S/C12H13ClN4S/c1-2-18-10-5-3-4-9(11(10)12(14)15)17-7-8(13)6-16-17/h3-7H,2H2,1H3,(H3,14,15). The van der Waals surface area contributed by atoms with E-state index in [1.807, 2.05) is 18.2 Å². The van der Waals surface area contributed by atoms with E-state index >= 15 is 0 Å². The van der Waals surface area contributed by atoms with E-state index in [1.165, 1.54) is 0 Å². The van der Waals surface area contributed by atoms with Crippen LogP contribution in [0.4, 0.5) is 0 Å². The molecule has 0 unspecified atom stereocenters. The molecular formula is C12H13ClN4S. The van der Waals surface area contributed by atoms with Crippen LogP contribution in [-0.2, 0) is 0 Å². The number of halogens is 1. The summed E-state index contributed by atoms with van der Waals surface area (Å²) in [7, 11) is 0. The Hall–Kier alpha value is -1.46. The summed E-state index contributed by atoms with van der Waals surface area (Å²) in [5.41, 5.74) is 7.16. The Kier molecular flexibility index (Phi) is 3.93. The molecule has 2 rings (SSSR count). The first kappa shape index (κ1) is 13.0. The molecule has 1 heterocycles. The summed E-state index contributed by atoms with van der Waals surface area (Å²) >= 11 is 7.52. The van der Waals surface area contributed by atoms with Gasteiger partial charge in [0.05, 0.1) is 22.5 Å². The number of thioether (sulfide) groups is 1. The second-order valence-electron chi connectivity index (χ2n) is 3.60. The first-order valence-corrected chi connectivity index (χ1v) is 6.80. The van der Waals surface area contributed by atoms with Gasteiger partial charge in [-0.1, -0.05) is 24.6 Å². The molecule has 0 spiro atoms. The fourth-order valence-corrected chi connectivity index (χ4v) is 2.67. The van der Waals surface area contributed by atoms with E-state index in [1.54, 1.807) is 28.8 Å². The highest BCUT2D eigenvalue weighted by Gasteiger charge is 2.13. The van der Waals surface area contributed by atoms with Crippen molar-refractivity contribution in [3.63, 3.8) is 0 Å². The first-order valence-electron chi connectivity index (χ1n) is 5.44. The minimum absolute atomic E-state index is 0.0353. The van der Waals surface area contributed by atoms with Crippen molar-refractivity contribution in [2.45, 2.75) is 11.8 Å².